The number of hydrogen-bond acceptors (Lipinski definition) is 7. The molecule has 0 radical (unpaired) electrons. The third-order valence-electron chi connectivity index (χ3n) is 6.16. The first-order valence-electron chi connectivity index (χ1n) is 11.2. The Morgan fingerprint density at radius 2 is 1.97 bits per heavy atom. The topological polar surface area (TPSA) is 93.2 Å². The summed E-state index contributed by atoms with van der Waals surface area (Å²) in [5.41, 5.74) is 3.47. The molecule has 0 saturated carbocycles. The van der Waals surface area contributed by atoms with E-state index in [1.807, 2.05) is 12.1 Å². The van der Waals surface area contributed by atoms with Gasteiger partial charge >= 0.3 is 0 Å². The van der Waals surface area contributed by atoms with E-state index in [0.29, 0.717) is 12.3 Å². The van der Waals surface area contributed by atoms with Crippen molar-refractivity contribution in [1.82, 2.24) is 14.7 Å². The number of benzene rings is 2. The van der Waals surface area contributed by atoms with Crippen LogP contribution in [-0.2, 0) is 22.9 Å². The van der Waals surface area contributed by atoms with Crippen molar-refractivity contribution in [2.45, 2.75) is 31.1 Å². The van der Waals surface area contributed by atoms with Crippen molar-refractivity contribution < 1.29 is 13.2 Å². The van der Waals surface area contributed by atoms with Crippen LogP contribution in [0.4, 0.5) is 11.5 Å². The number of hydrogen-bond donors (Lipinski definition) is 2. The first-order valence-corrected chi connectivity index (χ1v) is 13.5. The van der Waals surface area contributed by atoms with Gasteiger partial charge in [-0.2, -0.15) is 0 Å². The van der Waals surface area contributed by atoms with Gasteiger partial charge in [0.2, 0.25) is 10.0 Å². The molecule has 0 fully saturated rings. The highest BCUT2D eigenvalue weighted by Crippen LogP contribution is 2.40. The summed E-state index contributed by atoms with van der Waals surface area (Å²) in [5, 5.41) is 4.55. The van der Waals surface area contributed by atoms with Crippen LogP contribution in [0.1, 0.15) is 22.4 Å². The summed E-state index contributed by atoms with van der Waals surface area (Å²) in [4.78, 5) is 11.5. The van der Waals surface area contributed by atoms with Crippen LogP contribution in [0.5, 0.6) is 5.75 Å². The highest BCUT2D eigenvalue weighted by Gasteiger charge is 2.26. The van der Waals surface area contributed by atoms with Gasteiger partial charge in [-0.05, 0) is 79.6 Å². The number of fused-ring (bicyclic) bond motifs is 3. The second kappa shape index (κ2) is 9.32. The SMILES string of the molecule is COc1ccc(S(=O)(=O)NCC2CCc3c(sc4ncnc(Nc5cccc(C)c5)c34)C2)cc1. The fourth-order valence-corrected chi connectivity index (χ4v) is 6.79. The number of sulfonamides is 1. The highest BCUT2D eigenvalue weighted by molar-refractivity contribution is 7.89. The molecule has 2 aromatic heterocycles. The average Bonchev–Trinajstić information content (AvgIpc) is 3.22. The van der Waals surface area contributed by atoms with E-state index in [2.05, 4.69) is 39.1 Å². The number of nitrogens with one attached hydrogen (secondary N) is 2. The molecule has 1 aliphatic rings. The minimum absolute atomic E-state index is 0.231. The van der Waals surface area contributed by atoms with E-state index in [1.54, 1.807) is 49.0 Å². The van der Waals surface area contributed by atoms with E-state index < -0.39 is 10.0 Å². The van der Waals surface area contributed by atoms with E-state index in [1.165, 1.54) is 16.0 Å². The van der Waals surface area contributed by atoms with Crippen LogP contribution in [0, 0.1) is 12.8 Å². The number of anilines is 2. The molecule has 1 aliphatic carbocycles. The minimum atomic E-state index is -3.57. The first kappa shape index (κ1) is 22.8. The van der Waals surface area contributed by atoms with Gasteiger partial charge in [0.15, 0.2) is 0 Å². The number of rotatable bonds is 7. The molecule has 2 N–H and O–H groups in total. The Kier molecular flexibility index (Phi) is 6.24. The van der Waals surface area contributed by atoms with Crippen LogP contribution >= 0.6 is 11.3 Å². The molecule has 0 amide bonds. The summed E-state index contributed by atoms with van der Waals surface area (Å²) < 4.78 is 33.4. The zero-order chi connectivity index (χ0) is 23.7. The smallest absolute Gasteiger partial charge is 0.240 e. The number of aromatic nitrogens is 2. The normalized spacial score (nSPS) is 15.8. The molecule has 1 atom stereocenters. The van der Waals surface area contributed by atoms with Gasteiger partial charge in [0, 0.05) is 17.1 Å². The zero-order valence-electron chi connectivity index (χ0n) is 19.0. The predicted molar refractivity (Wildman–Crippen MR) is 136 cm³/mol. The van der Waals surface area contributed by atoms with Crippen LogP contribution in [-0.4, -0.2) is 32.0 Å². The van der Waals surface area contributed by atoms with Gasteiger partial charge in [-0.25, -0.2) is 23.1 Å². The van der Waals surface area contributed by atoms with Crippen molar-refractivity contribution in [3.8, 4) is 5.75 Å². The standard InChI is InChI=1S/C25H26N4O3S2/c1-16-4-3-5-18(12-16)29-24-23-21-11-6-17(13-22(21)33-25(23)27-15-26-24)14-28-34(30,31)20-9-7-19(32-2)8-10-20/h3-5,7-10,12,15,17,28H,6,11,13-14H2,1-2H3,(H,26,27,29). The summed E-state index contributed by atoms with van der Waals surface area (Å²) in [7, 11) is -2.01. The monoisotopic (exact) mass is 494 g/mol. The fourth-order valence-electron chi connectivity index (χ4n) is 4.37. The maximum Gasteiger partial charge on any atom is 0.240 e. The molecule has 5 rings (SSSR count). The van der Waals surface area contributed by atoms with Crippen LogP contribution in [0.25, 0.3) is 10.2 Å². The zero-order valence-corrected chi connectivity index (χ0v) is 20.7. The van der Waals surface area contributed by atoms with E-state index in [9.17, 15) is 8.42 Å². The van der Waals surface area contributed by atoms with Crippen LogP contribution < -0.4 is 14.8 Å². The van der Waals surface area contributed by atoms with E-state index in [-0.39, 0.29) is 10.8 Å². The van der Waals surface area contributed by atoms with Crippen molar-refractivity contribution in [2.24, 2.45) is 5.92 Å². The lowest BCUT2D eigenvalue weighted by atomic mass is 9.88. The Morgan fingerprint density at radius 3 is 2.74 bits per heavy atom. The second-order valence-corrected chi connectivity index (χ2v) is 11.4. The Morgan fingerprint density at radius 1 is 1.15 bits per heavy atom. The van der Waals surface area contributed by atoms with Gasteiger partial charge in [-0.3, -0.25) is 0 Å². The van der Waals surface area contributed by atoms with Gasteiger partial charge in [-0.1, -0.05) is 12.1 Å². The molecular formula is C25H26N4O3S2. The summed E-state index contributed by atoms with van der Waals surface area (Å²) in [5.74, 6) is 1.68. The van der Waals surface area contributed by atoms with Gasteiger partial charge in [0.1, 0.15) is 22.7 Å². The van der Waals surface area contributed by atoms with Crippen molar-refractivity contribution in [3.63, 3.8) is 0 Å². The Bertz CT molecular complexity index is 1430. The minimum Gasteiger partial charge on any atom is -0.497 e. The van der Waals surface area contributed by atoms with Crippen LogP contribution in [0.15, 0.2) is 59.8 Å². The molecular weight excluding hydrogens is 468 g/mol. The third-order valence-corrected chi connectivity index (χ3v) is 8.76. The van der Waals surface area contributed by atoms with Crippen molar-refractivity contribution in [1.29, 1.82) is 0 Å². The van der Waals surface area contributed by atoms with Crippen molar-refractivity contribution in [3.05, 3.63) is 70.9 Å². The third kappa shape index (κ3) is 4.64. The van der Waals surface area contributed by atoms with Gasteiger partial charge in [-0.15, -0.1) is 11.3 Å². The number of ether oxygens (including phenoxy) is 1. The van der Waals surface area contributed by atoms with E-state index in [0.717, 1.165) is 41.0 Å². The molecule has 4 aromatic rings. The predicted octanol–water partition coefficient (Wildman–Crippen LogP) is 4.84. The van der Waals surface area contributed by atoms with E-state index >= 15 is 0 Å². The molecule has 0 aliphatic heterocycles. The average molecular weight is 495 g/mol. The summed E-state index contributed by atoms with van der Waals surface area (Å²) >= 11 is 1.68. The van der Waals surface area contributed by atoms with Crippen LogP contribution in [0.3, 0.4) is 0 Å². The lowest BCUT2D eigenvalue weighted by Gasteiger charge is -2.22. The number of methoxy groups -OCH3 is 1. The van der Waals surface area contributed by atoms with Crippen LogP contribution in [0.2, 0.25) is 0 Å². The number of nitrogens with zero attached hydrogens (tertiary/aromatic N) is 2. The van der Waals surface area contributed by atoms with E-state index in [4.69, 9.17) is 4.74 Å². The molecule has 0 spiro atoms. The molecule has 2 heterocycles. The lowest BCUT2D eigenvalue weighted by Crippen LogP contribution is -2.31. The highest BCUT2D eigenvalue weighted by atomic mass is 32.2. The summed E-state index contributed by atoms with van der Waals surface area (Å²) in [6, 6.07) is 14.7. The molecule has 2 aromatic carbocycles. The quantitative estimate of drug-likeness (QED) is 0.382. The maximum atomic E-state index is 12.7. The Hall–Kier alpha value is -3.01. The fraction of sp³-hybridized carbons (Fsp3) is 0.280. The Balaban J connectivity index is 1.32. The first-order chi connectivity index (χ1) is 16.4. The summed E-state index contributed by atoms with van der Waals surface area (Å²) in [6.45, 7) is 2.47. The Labute approximate surface area is 203 Å². The molecule has 34 heavy (non-hydrogen) atoms. The molecule has 176 valence electrons. The van der Waals surface area contributed by atoms with Crippen molar-refractivity contribution in [2.75, 3.05) is 19.0 Å². The lowest BCUT2D eigenvalue weighted by molar-refractivity contribution is 0.414. The van der Waals surface area contributed by atoms with Gasteiger partial charge in [0.05, 0.1) is 17.4 Å². The molecule has 1 unspecified atom stereocenters. The molecule has 0 saturated heterocycles. The molecule has 7 nitrogen and oxygen atoms in total. The molecule has 0 bridgehead atoms. The number of thiophene rings is 1. The van der Waals surface area contributed by atoms with Crippen molar-refractivity contribution >= 4 is 43.1 Å². The van der Waals surface area contributed by atoms with Gasteiger partial charge < -0.3 is 10.1 Å². The maximum absolute atomic E-state index is 12.7. The number of aryl methyl sites for hydroxylation is 2. The summed E-state index contributed by atoms with van der Waals surface area (Å²) in [6.07, 6.45) is 4.21. The molecule has 9 heteroatoms. The second-order valence-electron chi connectivity index (χ2n) is 8.54. The van der Waals surface area contributed by atoms with Gasteiger partial charge in [0.25, 0.3) is 0 Å². The largest absolute Gasteiger partial charge is 0.497 e.